The van der Waals surface area contributed by atoms with Crippen molar-refractivity contribution in [3.63, 3.8) is 0 Å². The summed E-state index contributed by atoms with van der Waals surface area (Å²) >= 11 is 0. The van der Waals surface area contributed by atoms with Crippen molar-refractivity contribution in [3.8, 4) is 0 Å². The van der Waals surface area contributed by atoms with Crippen LogP contribution in [0.15, 0.2) is 24.5 Å². The van der Waals surface area contributed by atoms with Gasteiger partial charge in [0.2, 0.25) is 10.0 Å². The molecule has 2 unspecified atom stereocenters. The summed E-state index contributed by atoms with van der Waals surface area (Å²) in [6.07, 6.45) is 5.83. The molecule has 0 amide bonds. The quantitative estimate of drug-likeness (QED) is 0.880. The van der Waals surface area contributed by atoms with Gasteiger partial charge < -0.3 is 5.73 Å². The van der Waals surface area contributed by atoms with Crippen LogP contribution in [-0.2, 0) is 16.4 Å². The van der Waals surface area contributed by atoms with Gasteiger partial charge in [0.15, 0.2) is 0 Å². The van der Waals surface area contributed by atoms with E-state index in [4.69, 9.17) is 5.73 Å². The highest BCUT2D eigenvalue weighted by molar-refractivity contribution is 7.89. The summed E-state index contributed by atoms with van der Waals surface area (Å²) < 4.78 is 26.6. The summed E-state index contributed by atoms with van der Waals surface area (Å²) in [5.74, 6) is 0.445. The van der Waals surface area contributed by atoms with E-state index in [0.717, 1.165) is 18.4 Å². The fraction of sp³-hybridized carbons (Fsp3) is 0.643. The van der Waals surface area contributed by atoms with E-state index >= 15 is 0 Å². The van der Waals surface area contributed by atoms with E-state index in [0.29, 0.717) is 25.4 Å². The Bertz CT molecular complexity index is 518. The molecule has 1 fully saturated rings. The minimum Gasteiger partial charge on any atom is -0.330 e. The highest BCUT2D eigenvalue weighted by atomic mass is 32.2. The van der Waals surface area contributed by atoms with Gasteiger partial charge in [0.05, 0.1) is 5.75 Å². The largest absolute Gasteiger partial charge is 0.330 e. The predicted octanol–water partition coefficient (Wildman–Crippen LogP) is 1.01. The molecule has 0 radical (unpaired) electrons. The van der Waals surface area contributed by atoms with Crippen LogP contribution in [0.25, 0.3) is 0 Å². The number of sulfonamides is 1. The van der Waals surface area contributed by atoms with Crippen molar-refractivity contribution in [1.82, 2.24) is 9.29 Å². The van der Waals surface area contributed by atoms with Gasteiger partial charge in [-0.3, -0.25) is 4.98 Å². The van der Waals surface area contributed by atoms with Gasteiger partial charge in [-0.05, 0) is 56.3 Å². The smallest absolute Gasteiger partial charge is 0.214 e. The Morgan fingerprint density at radius 1 is 1.35 bits per heavy atom. The Balaban J connectivity index is 2.01. The topological polar surface area (TPSA) is 76.3 Å². The number of aromatic nitrogens is 1. The van der Waals surface area contributed by atoms with Crippen LogP contribution in [0, 0.1) is 5.92 Å². The molecule has 2 heterocycles. The zero-order valence-electron chi connectivity index (χ0n) is 11.9. The molecule has 1 aliphatic rings. The molecule has 5 nitrogen and oxygen atoms in total. The lowest BCUT2D eigenvalue weighted by molar-refractivity contribution is 0.211. The van der Waals surface area contributed by atoms with E-state index in [1.54, 1.807) is 16.7 Å². The van der Waals surface area contributed by atoms with Crippen molar-refractivity contribution in [2.75, 3.05) is 18.8 Å². The van der Waals surface area contributed by atoms with Crippen molar-refractivity contribution in [1.29, 1.82) is 0 Å². The first kappa shape index (κ1) is 15.4. The van der Waals surface area contributed by atoms with Crippen LogP contribution in [0.5, 0.6) is 0 Å². The third-order valence-electron chi connectivity index (χ3n) is 4.01. The van der Waals surface area contributed by atoms with Gasteiger partial charge in [0.25, 0.3) is 0 Å². The number of hydrogen-bond acceptors (Lipinski definition) is 4. The minimum absolute atomic E-state index is 0.0836. The fourth-order valence-electron chi connectivity index (χ4n) is 2.64. The van der Waals surface area contributed by atoms with E-state index in [1.807, 2.05) is 19.1 Å². The highest BCUT2D eigenvalue weighted by Crippen LogP contribution is 2.24. The standard InChI is InChI=1S/C14H23N3O2S/c1-12-2-3-14(10-15)11-17(12)20(18,19)9-6-13-4-7-16-8-5-13/h4-5,7-8,12,14H,2-3,6,9-11,15H2,1H3. The molecular weight excluding hydrogens is 274 g/mol. The predicted molar refractivity (Wildman–Crippen MR) is 79.7 cm³/mol. The molecule has 0 aliphatic carbocycles. The van der Waals surface area contributed by atoms with Crippen LogP contribution in [0.4, 0.5) is 0 Å². The number of nitrogens with two attached hydrogens (primary N) is 1. The number of hydrogen-bond donors (Lipinski definition) is 1. The molecule has 6 heteroatoms. The fourth-order valence-corrected chi connectivity index (χ4v) is 4.46. The molecule has 0 spiro atoms. The molecule has 112 valence electrons. The van der Waals surface area contributed by atoms with Crippen molar-refractivity contribution in [2.45, 2.75) is 32.2 Å². The van der Waals surface area contributed by atoms with Crippen molar-refractivity contribution in [3.05, 3.63) is 30.1 Å². The minimum atomic E-state index is -3.22. The average Bonchev–Trinajstić information content (AvgIpc) is 2.47. The Morgan fingerprint density at radius 3 is 2.70 bits per heavy atom. The first-order chi connectivity index (χ1) is 9.53. The molecule has 2 rings (SSSR count). The van der Waals surface area contributed by atoms with E-state index in [2.05, 4.69) is 4.98 Å². The first-order valence-corrected chi connectivity index (χ1v) is 8.72. The summed E-state index contributed by atoms with van der Waals surface area (Å²) in [6, 6.07) is 3.80. The molecule has 1 aromatic heterocycles. The van der Waals surface area contributed by atoms with Gasteiger partial charge in [-0.25, -0.2) is 8.42 Å². The van der Waals surface area contributed by atoms with Gasteiger partial charge in [-0.1, -0.05) is 0 Å². The van der Waals surface area contributed by atoms with E-state index in [1.165, 1.54) is 0 Å². The lowest BCUT2D eigenvalue weighted by Gasteiger charge is -2.36. The Labute approximate surface area is 121 Å². The lowest BCUT2D eigenvalue weighted by atomic mass is 9.96. The third-order valence-corrected chi connectivity index (χ3v) is 5.95. The Morgan fingerprint density at radius 2 is 2.05 bits per heavy atom. The van der Waals surface area contributed by atoms with Crippen LogP contribution in [0.2, 0.25) is 0 Å². The summed E-state index contributed by atoms with van der Waals surface area (Å²) in [6.45, 7) is 3.11. The monoisotopic (exact) mass is 297 g/mol. The Kier molecular flexibility index (Phi) is 5.12. The molecule has 1 aromatic rings. The normalized spacial score (nSPS) is 24.7. The summed E-state index contributed by atoms with van der Waals surface area (Å²) in [7, 11) is -3.22. The maximum absolute atomic E-state index is 12.5. The van der Waals surface area contributed by atoms with Crippen molar-refractivity contribution in [2.24, 2.45) is 11.7 Å². The maximum Gasteiger partial charge on any atom is 0.214 e. The van der Waals surface area contributed by atoms with Gasteiger partial charge in [-0.2, -0.15) is 4.31 Å². The highest BCUT2D eigenvalue weighted by Gasteiger charge is 2.32. The second kappa shape index (κ2) is 6.65. The van der Waals surface area contributed by atoms with Crippen LogP contribution >= 0.6 is 0 Å². The molecule has 0 bridgehead atoms. The lowest BCUT2D eigenvalue weighted by Crippen LogP contribution is -2.48. The SMILES string of the molecule is CC1CCC(CN)CN1S(=O)(=O)CCc1ccncc1. The summed E-state index contributed by atoms with van der Waals surface area (Å²) in [5.41, 5.74) is 6.69. The van der Waals surface area contributed by atoms with Gasteiger partial charge in [0, 0.05) is 25.0 Å². The zero-order valence-corrected chi connectivity index (χ0v) is 12.7. The molecule has 0 saturated carbocycles. The van der Waals surface area contributed by atoms with Gasteiger partial charge in [0.1, 0.15) is 0 Å². The second-order valence-corrected chi connectivity index (χ2v) is 7.56. The summed E-state index contributed by atoms with van der Waals surface area (Å²) in [5, 5.41) is 0. The number of nitrogens with zero attached hydrogens (tertiary/aromatic N) is 2. The molecule has 20 heavy (non-hydrogen) atoms. The zero-order chi connectivity index (χ0) is 14.6. The van der Waals surface area contributed by atoms with Crippen LogP contribution in [0.1, 0.15) is 25.3 Å². The molecule has 0 aromatic carbocycles. The van der Waals surface area contributed by atoms with E-state index in [-0.39, 0.29) is 11.8 Å². The van der Waals surface area contributed by atoms with E-state index in [9.17, 15) is 8.42 Å². The molecule has 1 saturated heterocycles. The third kappa shape index (κ3) is 3.77. The number of pyridine rings is 1. The summed E-state index contributed by atoms with van der Waals surface area (Å²) in [4.78, 5) is 3.94. The number of rotatable bonds is 5. The van der Waals surface area contributed by atoms with Crippen LogP contribution in [-0.4, -0.2) is 42.6 Å². The van der Waals surface area contributed by atoms with E-state index < -0.39 is 10.0 Å². The van der Waals surface area contributed by atoms with Crippen LogP contribution < -0.4 is 5.73 Å². The average molecular weight is 297 g/mol. The number of piperidine rings is 1. The van der Waals surface area contributed by atoms with Gasteiger partial charge >= 0.3 is 0 Å². The van der Waals surface area contributed by atoms with Crippen LogP contribution in [0.3, 0.4) is 0 Å². The molecule has 2 atom stereocenters. The molecular formula is C14H23N3O2S. The Hall–Kier alpha value is -0.980. The molecule has 1 aliphatic heterocycles. The van der Waals surface area contributed by atoms with Crippen molar-refractivity contribution < 1.29 is 8.42 Å². The van der Waals surface area contributed by atoms with Gasteiger partial charge in [-0.15, -0.1) is 0 Å². The first-order valence-electron chi connectivity index (χ1n) is 7.11. The molecule has 2 N–H and O–H groups in total. The maximum atomic E-state index is 12.5. The van der Waals surface area contributed by atoms with Crippen molar-refractivity contribution >= 4 is 10.0 Å². The number of aryl methyl sites for hydroxylation is 1. The second-order valence-electron chi connectivity index (χ2n) is 5.52.